The molecule has 0 atom stereocenters. The van der Waals surface area contributed by atoms with Gasteiger partial charge in [0.05, 0.1) is 11.5 Å². The van der Waals surface area contributed by atoms with Crippen molar-refractivity contribution in [2.45, 2.75) is 44.4 Å². The minimum atomic E-state index is -3.56. The molecule has 0 amide bonds. The number of aryl methyl sites for hydroxylation is 2. The molecule has 0 radical (unpaired) electrons. The van der Waals surface area contributed by atoms with E-state index in [1.807, 2.05) is 19.9 Å². The third-order valence-electron chi connectivity index (χ3n) is 3.22. The largest absolute Gasteiger partial charge is 0.287 e. The van der Waals surface area contributed by atoms with Crippen molar-refractivity contribution in [3.8, 4) is 0 Å². The second kappa shape index (κ2) is 6.03. The molecule has 1 aromatic carbocycles. The second-order valence-electron chi connectivity index (χ2n) is 5.43. The lowest BCUT2D eigenvalue weighted by Crippen LogP contribution is -2.26. The Balaban J connectivity index is 2.12. The van der Waals surface area contributed by atoms with Crippen LogP contribution < -0.4 is 4.89 Å². The Morgan fingerprint density at radius 2 is 1.89 bits per heavy atom. The Bertz CT molecular complexity index is 538. The van der Waals surface area contributed by atoms with Gasteiger partial charge in [-0.1, -0.05) is 24.8 Å². The Kier molecular flexibility index (Phi) is 4.60. The van der Waals surface area contributed by atoms with Crippen molar-refractivity contribution in [3.63, 3.8) is 0 Å². The van der Waals surface area contributed by atoms with E-state index in [-0.39, 0.29) is 10.8 Å². The fourth-order valence-corrected chi connectivity index (χ4v) is 3.07. The molecule has 1 aromatic rings. The molecule has 0 heterocycles. The first-order valence-electron chi connectivity index (χ1n) is 6.74. The molecular weight excluding hydrogens is 262 g/mol. The number of fused-ring (bicyclic) bond motifs is 1. The second-order valence-corrected chi connectivity index (χ2v) is 7.07. The predicted molar refractivity (Wildman–Crippen MR) is 74.2 cm³/mol. The SMILES string of the molecule is CC(C)CONS(=O)(=O)c1ccc2c(c1)CCCC2. The van der Waals surface area contributed by atoms with Gasteiger partial charge in [0, 0.05) is 0 Å². The molecule has 0 bridgehead atoms. The van der Waals surface area contributed by atoms with E-state index >= 15 is 0 Å². The van der Waals surface area contributed by atoms with Crippen molar-refractivity contribution >= 4 is 10.0 Å². The van der Waals surface area contributed by atoms with Crippen molar-refractivity contribution < 1.29 is 13.3 Å². The minimum absolute atomic E-state index is 0.284. The number of hydrogen-bond acceptors (Lipinski definition) is 3. The molecule has 0 saturated heterocycles. The molecule has 0 spiro atoms. The zero-order valence-corrected chi connectivity index (χ0v) is 12.3. The fraction of sp³-hybridized carbons (Fsp3) is 0.571. The van der Waals surface area contributed by atoms with E-state index < -0.39 is 10.0 Å². The highest BCUT2D eigenvalue weighted by atomic mass is 32.2. The van der Waals surface area contributed by atoms with Crippen molar-refractivity contribution in [1.29, 1.82) is 0 Å². The maximum absolute atomic E-state index is 12.1. The topological polar surface area (TPSA) is 55.4 Å². The van der Waals surface area contributed by atoms with Gasteiger partial charge >= 0.3 is 0 Å². The van der Waals surface area contributed by atoms with Gasteiger partial charge in [-0.3, -0.25) is 4.84 Å². The zero-order chi connectivity index (χ0) is 13.9. The van der Waals surface area contributed by atoms with Gasteiger partial charge in [-0.2, -0.15) is 0 Å². The lowest BCUT2D eigenvalue weighted by Gasteiger charge is -2.16. The normalized spacial score (nSPS) is 15.5. The molecule has 0 aliphatic heterocycles. The molecule has 5 heteroatoms. The lowest BCUT2D eigenvalue weighted by molar-refractivity contribution is 0.0718. The summed E-state index contributed by atoms with van der Waals surface area (Å²) in [4.78, 5) is 7.49. The number of rotatable bonds is 5. The third kappa shape index (κ3) is 3.78. The van der Waals surface area contributed by atoms with Crippen molar-refractivity contribution in [2.75, 3.05) is 6.61 Å². The first-order chi connectivity index (χ1) is 8.99. The number of nitrogens with one attached hydrogen (secondary N) is 1. The van der Waals surface area contributed by atoms with Crippen LogP contribution in [0.25, 0.3) is 0 Å². The molecule has 4 nitrogen and oxygen atoms in total. The molecule has 106 valence electrons. The van der Waals surface area contributed by atoms with Gasteiger partial charge in [0.15, 0.2) is 0 Å². The summed E-state index contributed by atoms with van der Waals surface area (Å²) in [6.07, 6.45) is 4.33. The van der Waals surface area contributed by atoms with Gasteiger partial charge in [0.1, 0.15) is 0 Å². The molecule has 0 aromatic heterocycles. The lowest BCUT2D eigenvalue weighted by atomic mass is 9.92. The highest BCUT2D eigenvalue weighted by Crippen LogP contribution is 2.23. The number of hydrogen-bond donors (Lipinski definition) is 1. The van der Waals surface area contributed by atoms with Gasteiger partial charge in [-0.25, -0.2) is 8.42 Å². The predicted octanol–water partition coefficient (Wildman–Crippen LogP) is 2.43. The van der Waals surface area contributed by atoms with Gasteiger partial charge in [-0.05, 0) is 54.9 Å². The van der Waals surface area contributed by atoms with Crippen LogP contribution in [0.15, 0.2) is 23.1 Å². The van der Waals surface area contributed by atoms with Gasteiger partial charge in [0.2, 0.25) is 0 Å². The summed E-state index contributed by atoms with van der Waals surface area (Å²) >= 11 is 0. The third-order valence-corrected chi connectivity index (χ3v) is 4.43. The first kappa shape index (κ1) is 14.5. The molecule has 1 aliphatic carbocycles. The van der Waals surface area contributed by atoms with Gasteiger partial charge in [0.25, 0.3) is 10.0 Å². The molecular formula is C14H21NO3S. The summed E-state index contributed by atoms with van der Waals surface area (Å²) in [6.45, 7) is 4.30. The maximum Gasteiger partial charge on any atom is 0.262 e. The number of sulfonamides is 1. The van der Waals surface area contributed by atoms with Crippen LogP contribution in [0, 0.1) is 5.92 Å². The zero-order valence-electron chi connectivity index (χ0n) is 11.5. The van der Waals surface area contributed by atoms with E-state index in [2.05, 4.69) is 4.89 Å². The van der Waals surface area contributed by atoms with Crippen LogP contribution in [0.5, 0.6) is 0 Å². The Morgan fingerprint density at radius 3 is 2.58 bits per heavy atom. The monoisotopic (exact) mass is 283 g/mol. The summed E-state index contributed by atoms with van der Waals surface area (Å²) < 4.78 is 24.1. The quantitative estimate of drug-likeness (QED) is 0.844. The maximum atomic E-state index is 12.1. The van der Waals surface area contributed by atoms with Crippen molar-refractivity contribution in [3.05, 3.63) is 29.3 Å². The summed E-state index contributed by atoms with van der Waals surface area (Å²) in [7, 11) is -3.56. The molecule has 1 N–H and O–H groups in total. The van der Waals surface area contributed by atoms with E-state index in [1.165, 1.54) is 12.0 Å². The smallest absolute Gasteiger partial charge is 0.262 e. The van der Waals surface area contributed by atoms with Crippen LogP contribution in [-0.4, -0.2) is 15.0 Å². The highest BCUT2D eigenvalue weighted by Gasteiger charge is 2.17. The van der Waals surface area contributed by atoms with Crippen LogP contribution in [0.4, 0.5) is 0 Å². The van der Waals surface area contributed by atoms with Gasteiger partial charge < -0.3 is 0 Å². The minimum Gasteiger partial charge on any atom is -0.287 e. The van der Waals surface area contributed by atoms with Crippen LogP contribution in [0.1, 0.15) is 37.8 Å². The molecule has 19 heavy (non-hydrogen) atoms. The van der Waals surface area contributed by atoms with Crippen LogP contribution in [0.2, 0.25) is 0 Å². The summed E-state index contributed by atoms with van der Waals surface area (Å²) in [5, 5.41) is 0. The average Bonchev–Trinajstić information content (AvgIpc) is 2.37. The number of benzene rings is 1. The van der Waals surface area contributed by atoms with E-state index in [9.17, 15) is 8.42 Å². The Hall–Kier alpha value is -0.910. The molecule has 1 aliphatic rings. The van der Waals surface area contributed by atoms with Crippen LogP contribution in [-0.2, 0) is 27.7 Å². The Labute approximate surface area is 115 Å². The molecule has 0 saturated carbocycles. The summed E-state index contributed by atoms with van der Waals surface area (Å²) in [5.41, 5.74) is 2.42. The van der Waals surface area contributed by atoms with Crippen molar-refractivity contribution in [1.82, 2.24) is 4.89 Å². The molecule has 0 fully saturated rings. The van der Waals surface area contributed by atoms with E-state index in [1.54, 1.807) is 12.1 Å². The highest BCUT2D eigenvalue weighted by molar-refractivity contribution is 7.89. The van der Waals surface area contributed by atoms with Crippen molar-refractivity contribution in [2.24, 2.45) is 5.92 Å². The van der Waals surface area contributed by atoms with Crippen LogP contribution >= 0.6 is 0 Å². The Morgan fingerprint density at radius 1 is 1.21 bits per heavy atom. The first-order valence-corrected chi connectivity index (χ1v) is 8.23. The standard InChI is InChI=1S/C14H21NO3S/c1-11(2)10-18-15-19(16,17)14-8-7-12-5-3-4-6-13(12)9-14/h7-9,11,15H,3-6,10H2,1-2H3. The van der Waals surface area contributed by atoms with E-state index in [0.717, 1.165) is 24.8 Å². The van der Waals surface area contributed by atoms with Crippen LogP contribution in [0.3, 0.4) is 0 Å². The fourth-order valence-electron chi connectivity index (χ4n) is 2.20. The van der Waals surface area contributed by atoms with E-state index in [0.29, 0.717) is 6.61 Å². The molecule has 0 unspecified atom stereocenters. The average molecular weight is 283 g/mol. The van der Waals surface area contributed by atoms with Gasteiger partial charge in [-0.15, -0.1) is 0 Å². The molecule has 2 rings (SSSR count). The summed E-state index contributed by atoms with van der Waals surface area (Å²) in [6, 6.07) is 5.35. The summed E-state index contributed by atoms with van der Waals surface area (Å²) in [5.74, 6) is 0.284. The van der Waals surface area contributed by atoms with E-state index in [4.69, 9.17) is 4.84 Å².